The second-order valence-corrected chi connectivity index (χ2v) is 5.97. The van der Waals surface area contributed by atoms with Crippen LogP contribution in [0, 0.1) is 0 Å². The molecule has 0 N–H and O–H groups in total. The maximum Gasteiger partial charge on any atom is 0.264 e. The molecule has 1 aliphatic rings. The Morgan fingerprint density at radius 2 is 1.96 bits per heavy atom. The fourth-order valence-corrected chi connectivity index (χ4v) is 2.82. The van der Waals surface area contributed by atoms with E-state index < -0.39 is 0 Å². The van der Waals surface area contributed by atoms with Crippen molar-refractivity contribution in [1.29, 1.82) is 0 Å². The smallest absolute Gasteiger partial charge is 0.264 e. The summed E-state index contributed by atoms with van der Waals surface area (Å²) in [6.45, 7) is 5.94. The normalized spacial score (nSPS) is 16.0. The summed E-state index contributed by atoms with van der Waals surface area (Å²) in [6, 6.07) is 10.3. The standard InChI is InChI=1S/C17H19N3O3/c1-11(2)16-18-19-17(23-16)14-9-12-5-3-4-6-13(12)20(14)10-15-21-7-8-22-15/h3-6,9,11,15H,7-8,10H2,1-2H3. The molecule has 0 spiro atoms. The highest BCUT2D eigenvalue weighted by Gasteiger charge is 2.22. The highest BCUT2D eigenvalue weighted by atomic mass is 16.7. The number of hydrogen-bond acceptors (Lipinski definition) is 5. The van der Waals surface area contributed by atoms with Crippen LogP contribution in [0.4, 0.5) is 0 Å². The molecule has 0 radical (unpaired) electrons. The van der Waals surface area contributed by atoms with Gasteiger partial charge in [-0.2, -0.15) is 0 Å². The lowest BCUT2D eigenvalue weighted by Gasteiger charge is -2.13. The fraction of sp³-hybridized carbons (Fsp3) is 0.412. The van der Waals surface area contributed by atoms with Gasteiger partial charge in [-0.1, -0.05) is 32.0 Å². The molecular formula is C17H19N3O3. The number of hydrogen-bond donors (Lipinski definition) is 0. The minimum atomic E-state index is -0.239. The molecular weight excluding hydrogens is 294 g/mol. The average molecular weight is 313 g/mol. The van der Waals surface area contributed by atoms with Crippen molar-refractivity contribution >= 4 is 10.9 Å². The van der Waals surface area contributed by atoms with E-state index in [1.54, 1.807) is 0 Å². The van der Waals surface area contributed by atoms with E-state index in [0.717, 1.165) is 16.6 Å². The molecule has 0 bridgehead atoms. The largest absolute Gasteiger partial charge is 0.419 e. The van der Waals surface area contributed by atoms with Crippen molar-refractivity contribution in [3.8, 4) is 11.6 Å². The van der Waals surface area contributed by atoms with Crippen molar-refractivity contribution in [2.75, 3.05) is 13.2 Å². The predicted molar refractivity (Wildman–Crippen MR) is 85.0 cm³/mol. The zero-order chi connectivity index (χ0) is 15.8. The number of para-hydroxylation sites is 1. The molecule has 0 unspecified atom stereocenters. The zero-order valence-electron chi connectivity index (χ0n) is 13.2. The average Bonchev–Trinajstić information content (AvgIpc) is 3.27. The molecule has 1 saturated heterocycles. The van der Waals surface area contributed by atoms with E-state index in [4.69, 9.17) is 13.9 Å². The minimum Gasteiger partial charge on any atom is -0.419 e. The molecule has 3 heterocycles. The predicted octanol–water partition coefficient (Wildman–Crippen LogP) is 3.19. The van der Waals surface area contributed by atoms with Gasteiger partial charge in [0.25, 0.3) is 5.89 Å². The summed E-state index contributed by atoms with van der Waals surface area (Å²) < 4.78 is 19.2. The fourth-order valence-electron chi connectivity index (χ4n) is 2.82. The number of benzene rings is 1. The van der Waals surface area contributed by atoms with Crippen LogP contribution in [0.3, 0.4) is 0 Å². The first-order valence-corrected chi connectivity index (χ1v) is 7.87. The molecule has 4 rings (SSSR count). The van der Waals surface area contributed by atoms with E-state index >= 15 is 0 Å². The van der Waals surface area contributed by atoms with Crippen LogP contribution >= 0.6 is 0 Å². The van der Waals surface area contributed by atoms with E-state index in [-0.39, 0.29) is 12.2 Å². The van der Waals surface area contributed by atoms with Crippen LogP contribution in [0.25, 0.3) is 22.5 Å². The first kappa shape index (κ1) is 14.4. The molecule has 0 amide bonds. The van der Waals surface area contributed by atoms with Gasteiger partial charge in [0.05, 0.1) is 19.8 Å². The topological polar surface area (TPSA) is 62.3 Å². The summed E-state index contributed by atoms with van der Waals surface area (Å²) in [5.74, 6) is 1.38. The monoisotopic (exact) mass is 313 g/mol. The van der Waals surface area contributed by atoms with Crippen molar-refractivity contribution in [3.05, 3.63) is 36.2 Å². The third kappa shape index (κ3) is 2.64. The Morgan fingerprint density at radius 3 is 2.70 bits per heavy atom. The van der Waals surface area contributed by atoms with Crippen LogP contribution in [0.5, 0.6) is 0 Å². The van der Waals surface area contributed by atoms with Gasteiger partial charge in [-0.3, -0.25) is 0 Å². The van der Waals surface area contributed by atoms with Crippen LogP contribution in [0.15, 0.2) is 34.7 Å². The van der Waals surface area contributed by atoms with E-state index in [2.05, 4.69) is 33.0 Å². The summed E-state index contributed by atoms with van der Waals surface area (Å²) in [6.07, 6.45) is -0.239. The molecule has 0 aliphatic carbocycles. The number of nitrogens with zero attached hydrogens (tertiary/aromatic N) is 3. The van der Waals surface area contributed by atoms with Crippen molar-refractivity contribution in [2.24, 2.45) is 0 Å². The van der Waals surface area contributed by atoms with Crippen molar-refractivity contribution in [2.45, 2.75) is 32.6 Å². The second kappa shape index (κ2) is 5.79. The Morgan fingerprint density at radius 1 is 1.17 bits per heavy atom. The van der Waals surface area contributed by atoms with E-state index in [1.165, 1.54) is 0 Å². The highest BCUT2D eigenvalue weighted by Crippen LogP contribution is 2.29. The van der Waals surface area contributed by atoms with Crippen LogP contribution in [-0.4, -0.2) is 34.3 Å². The highest BCUT2D eigenvalue weighted by molar-refractivity contribution is 5.85. The summed E-state index contributed by atoms with van der Waals surface area (Å²) in [4.78, 5) is 0. The molecule has 1 aliphatic heterocycles. The van der Waals surface area contributed by atoms with Gasteiger partial charge in [-0.25, -0.2) is 0 Å². The van der Waals surface area contributed by atoms with E-state index in [0.29, 0.717) is 31.5 Å². The zero-order valence-corrected chi connectivity index (χ0v) is 13.2. The lowest BCUT2D eigenvalue weighted by molar-refractivity contribution is -0.0514. The molecule has 3 aromatic rings. The molecule has 120 valence electrons. The minimum absolute atomic E-state index is 0.204. The molecule has 0 saturated carbocycles. The Balaban J connectivity index is 1.80. The molecule has 6 nitrogen and oxygen atoms in total. The van der Waals surface area contributed by atoms with Crippen LogP contribution in [-0.2, 0) is 16.0 Å². The molecule has 2 aromatic heterocycles. The molecule has 0 atom stereocenters. The quantitative estimate of drug-likeness (QED) is 0.740. The lowest BCUT2D eigenvalue weighted by atomic mass is 10.2. The Labute approximate surface area is 134 Å². The van der Waals surface area contributed by atoms with Crippen molar-refractivity contribution in [3.63, 3.8) is 0 Å². The van der Waals surface area contributed by atoms with Gasteiger partial charge in [0.1, 0.15) is 5.69 Å². The van der Waals surface area contributed by atoms with Crippen LogP contribution < -0.4 is 0 Å². The second-order valence-electron chi connectivity index (χ2n) is 5.97. The summed E-state index contributed by atoms with van der Waals surface area (Å²) in [5.41, 5.74) is 2.00. The van der Waals surface area contributed by atoms with Crippen molar-refractivity contribution < 1.29 is 13.9 Å². The Kier molecular flexibility index (Phi) is 3.63. The summed E-state index contributed by atoms with van der Waals surface area (Å²) >= 11 is 0. The molecule has 6 heteroatoms. The van der Waals surface area contributed by atoms with Crippen LogP contribution in [0.2, 0.25) is 0 Å². The third-order valence-electron chi connectivity index (χ3n) is 3.99. The number of aromatic nitrogens is 3. The Hall–Kier alpha value is -2.18. The molecule has 1 fully saturated rings. The summed E-state index contributed by atoms with van der Waals surface area (Å²) in [5, 5.41) is 9.49. The maximum absolute atomic E-state index is 5.84. The molecule has 23 heavy (non-hydrogen) atoms. The SMILES string of the molecule is CC(C)c1nnc(-c2cc3ccccc3n2CC2OCCO2)o1. The number of rotatable bonds is 4. The van der Waals surface area contributed by atoms with Gasteiger partial charge in [0, 0.05) is 16.8 Å². The van der Waals surface area contributed by atoms with Crippen molar-refractivity contribution in [1.82, 2.24) is 14.8 Å². The van der Waals surface area contributed by atoms with Gasteiger partial charge < -0.3 is 18.5 Å². The Bertz CT molecular complexity index is 815. The van der Waals surface area contributed by atoms with E-state index in [9.17, 15) is 0 Å². The van der Waals surface area contributed by atoms with Gasteiger partial charge in [0.2, 0.25) is 5.89 Å². The maximum atomic E-state index is 5.84. The third-order valence-corrected chi connectivity index (χ3v) is 3.99. The summed E-state index contributed by atoms with van der Waals surface area (Å²) in [7, 11) is 0. The first-order chi connectivity index (χ1) is 11.2. The molecule has 1 aromatic carbocycles. The lowest BCUT2D eigenvalue weighted by Crippen LogP contribution is -2.17. The first-order valence-electron chi connectivity index (χ1n) is 7.87. The number of ether oxygens (including phenoxy) is 2. The van der Waals surface area contributed by atoms with Crippen LogP contribution in [0.1, 0.15) is 25.7 Å². The number of fused-ring (bicyclic) bond motifs is 1. The van der Waals surface area contributed by atoms with Gasteiger partial charge in [0.15, 0.2) is 6.29 Å². The van der Waals surface area contributed by atoms with Gasteiger partial charge >= 0.3 is 0 Å². The van der Waals surface area contributed by atoms with E-state index in [1.807, 2.05) is 26.0 Å². The van der Waals surface area contributed by atoms with Gasteiger partial charge in [-0.05, 0) is 12.1 Å². The van der Waals surface area contributed by atoms with Gasteiger partial charge in [-0.15, -0.1) is 10.2 Å².